The second kappa shape index (κ2) is 5.91. The number of pyridine rings is 1. The summed E-state index contributed by atoms with van der Waals surface area (Å²) in [5.74, 6) is -0.541. The SMILES string of the molecule is O=C(NCCc1cccnc1)c1ccc(F)cc1. The second-order valence-electron chi connectivity index (χ2n) is 3.87. The first-order chi connectivity index (χ1) is 8.75. The van der Waals surface area contributed by atoms with Crippen LogP contribution in [0.2, 0.25) is 0 Å². The minimum absolute atomic E-state index is 0.195. The van der Waals surface area contributed by atoms with Gasteiger partial charge >= 0.3 is 0 Å². The van der Waals surface area contributed by atoms with Gasteiger partial charge in [-0.15, -0.1) is 0 Å². The van der Waals surface area contributed by atoms with Gasteiger partial charge in [0.1, 0.15) is 5.82 Å². The number of hydrogen-bond donors (Lipinski definition) is 1. The molecule has 0 aliphatic rings. The molecule has 0 radical (unpaired) electrons. The number of carbonyl (C=O) groups excluding carboxylic acids is 1. The zero-order valence-corrected chi connectivity index (χ0v) is 9.77. The van der Waals surface area contributed by atoms with E-state index < -0.39 is 0 Å². The van der Waals surface area contributed by atoms with Crippen molar-refractivity contribution < 1.29 is 9.18 Å². The number of amides is 1. The quantitative estimate of drug-likeness (QED) is 0.895. The van der Waals surface area contributed by atoms with E-state index in [1.807, 2.05) is 12.1 Å². The molecule has 0 fully saturated rings. The fourth-order valence-corrected chi connectivity index (χ4v) is 1.57. The highest BCUT2D eigenvalue weighted by atomic mass is 19.1. The zero-order chi connectivity index (χ0) is 12.8. The van der Waals surface area contributed by atoms with Crippen molar-refractivity contribution in [1.29, 1.82) is 0 Å². The van der Waals surface area contributed by atoms with E-state index >= 15 is 0 Å². The Balaban J connectivity index is 1.84. The zero-order valence-electron chi connectivity index (χ0n) is 9.77. The van der Waals surface area contributed by atoms with Crippen molar-refractivity contribution in [2.75, 3.05) is 6.54 Å². The number of nitrogens with one attached hydrogen (secondary N) is 1. The molecule has 0 bridgehead atoms. The smallest absolute Gasteiger partial charge is 0.251 e. The maximum atomic E-state index is 12.7. The van der Waals surface area contributed by atoms with E-state index in [-0.39, 0.29) is 11.7 Å². The molecule has 4 heteroatoms. The topological polar surface area (TPSA) is 42.0 Å². The summed E-state index contributed by atoms with van der Waals surface area (Å²) in [7, 11) is 0. The van der Waals surface area contributed by atoms with Crippen molar-refractivity contribution in [2.45, 2.75) is 6.42 Å². The standard InChI is InChI=1S/C14H13FN2O/c15-13-5-3-12(4-6-13)14(18)17-9-7-11-2-1-8-16-10-11/h1-6,8,10H,7,9H2,(H,17,18). The van der Waals surface area contributed by atoms with Crippen LogP contribution in [0.15, 0.2) is 48.8 Å². The van der Waals surface area contributed by atoms with Crippen LogP contribution in [-0.4, -0.2) is 17.4 Å². The lowest BCUT2D eigenvalue weighted by Gasteiger charge is -2.05. The number of aromatic nitrogens is 1. The summed E-state index contributed by atoms with van der Waals surface area (Å²) in [6, 6.07) is 9.30. The maximum absolute atomic E-state index is 12.7. The lowest BCUT2D eigenvalue weighted by atomic mass is 10.2. The van der Waals surface area contributed by atoms with Crippen LogP contribution in [0.5, 0.6) is 0 Å². The van der Waals surface area contributed by atoms with Crippen molar-refractivity contribution in [3.63, 3.8) is 0 Å². The van der Waals surface area contributed by atoms with E-state index in [0.29, 0.717) is 12.1 Å². The maximum Gasteiger partial charge on any atom is 0.251 e. The number of hydrogen-bond acceptors (Lipinski definition) is 2. The van der Waals surface area contributed by atoms with Crippen LogP contribution in [0.25, 0.3) is 0 Å². The molecular formula is C14H13FN2O. The van der Waals surface area contributed by atoms with Gasteiger partial charge in [0, 0.05) is 24.5 Å². The monoisotopic (exact) mass is 244 g/mol. The van der Waals surface area contributed by atoms with E-state index in [1.54, 1.807) is 12.4 Å². The number of benzene rings is 1. The van der Waals surface area contributed by atoms with Gasteiger partial charge in [0.15, 0.2) is 0 Å². The molecule has 2 aromatic rings. The van der Waals surface area contributed by atoms with Crippen LogP contribution < -0.4 is 5.32 Å². The number of halogens is 1. The molecule has 0 aliphatic heterocycles. The van der Waals surface area contributed by atoms with Gasteiger partial charge in [-0.2, -0.15) is 0 Å². The Morgan fingerprint density at radius 3 is 2.67 bits per heavy atom. The summed E-state index contributed by atoms with van der Waals surface area (Å²) in [5.41, 5.74) is 1.53. The van der Waals surface area contributed by atoms with Gasteiger partial charge in [-0.05, 0) is 42.3 Å². The van der Waals surface area contributed by atoms with E-state index in [4.69, 9.17) is 0 Å². The fourth-order valence-electron chi connectivity index (χ4n) is 1.57. The molecule has 0 saturated carbocycles. The minimum atomic E-state index is -0.345. The number of nitrogens with zero attached hydrogens (tertiary/aromatic N) is 1. The highest BCUT2D eigenvalue weighted by Crippen LogP contribution is 2.02. The van der Waals surface area contributed by atoms with Crippen LogP contribution in [-0.2, 0) is 6.42 Å². The van der Waals surface area contributed by atoms with Gasteiger partial charge in [-0.3, -0.25) is 9.78 Å². The van der Waals surface area contributed by atoms with Gasteiger partial charge in [-0.25, -0.2) is 4.39 Å². The van der Waals surface area contributed by atoms with Gasteiger partial charge in [0.2, 0.25) is 0 Å². The highest BCUT2D eigenvalue weighted by molar-refractivity contribution is 5.94. The molecule has 0 atom stereocenters. The molecule has 3 nitrogen and oxygen atoms in total. The Kier molecular flexibility index (Phi) is 4.02. The largest absolute Gasteiger partial charge is 0.352 e. The van der Waals surface area contributed by atoms with Crippen molar-refractivity contribution in [1.82, 2.24) is 10.3 Å². The van der Waals surface area contributed by atoms with Crippen LogP contribution in [0.4, 0.5) is 4.39 Å². The van der Waals surface area contributed by atoms with Crippen LogP contribution in [0.1, 0.15) is 15.9 Å². The average molecular weight is 244 g/mol. The summed E-state index contributed by atoms with van der Waals surface area (Å²) in [6.07, 6.45) is 4.20. The number of carbonyl (C=O) groups is 1. The first-order valence-electron chi connectivity index (χ1n) is 5.68. The first-order valence-corrected chi connectivity index (χ1v) is 5.68. The Morgan fingerprint density at radius 2 is 2.00 bits per heavy atom. The Labute approximate surface area is 105 Å². The van der Waals surface area contributed by atoms with Crippen molar-refractivity contribution in [2.24, 2.45) is 0 Å². The minimum Gasteiger partial charge on any atom is -0.352 e. The molecule has 0 unspecified atom stereocenters. The Morgan fingerprint density at radius 1 is 1.22 bits per heavy atom. The molecule has 92 valence electrons. The average Bonchev–Trinajstić information content (AvgIpc) is 2.40. The van der Waals surface area contributed by atoms with Crippen LogP contribution in [0.3, 0.4) is 0 Å². The summed E-state index contributed by atoms with van der Waals surface area (Å²) in [5, 5.41) is 2.78. The summed E-state index contributed by atoms with van der Waals surface area (Å²) in [6.45, 7) is 0.530. The molecule has 18 heavy (non-hydrogen) atoms. The predicted molar refractivity (Wildman–Crippen MR) is 66.7 cm³/mol. The van der Waals surface area contributed by atoms with E-state index in [2.05, 4.69) is 10.3 Å². The summed E-state index contributed by atoms with van der Waals surface area (Å²) in [4.78, 5) is 15.7. The molecule has 1 heterocycles. The molecule has 1 aromatic heterocycles. The molecule has 1 N–H and O–H groups in total. The molecule has 0 saturated heterocycles. The van der Waals surface area contributed by atoms with E-state index in [0.717, 1.165) is 12.0 Å². The van der Waals surface area contributed by atoms with E-state index in [9.17, 15) is 9.18 Å². The van der Waals surface area contributed by atoms with Crippen molar-refractivity contribution in [3.8, 4) is 0 Å². The first kappa shape index (κ1) is 12.2. The lowest BCUT2D eigenvalue weighted by molar-refractivity contribution is 0.0954. The van der Waals surface area contributed by atoms with Gasteiger partial charge in [-0.1, -0.05) is 6.07 Å². The summed E-state index contributed by atoms with van der Waals surface area (Å²) >= 11 is 0. The normalized spacial score (nSPS) is 10.1. The second-order valence-corrected chi connectivity index (χ2v) is 3.87. The molecule has 1 amide bonds. The molecule has 0 aliphatic carbocycles. The fraction of sp³-hybridized carbons (Fsp3) is 0.143. The molecular weight excluding hydrogens is 231 g/mol. The van der Waals surface area contributed by atoms with Crippen LogP contribution in [0, 0.1) is 5.82 Å². The third-order valence-corrected chi connectivity index (χ3v) is 2.53. The molecule has 0 spiro atoms. The van der Waals surface area contributed by atoms with Crippen molar-refractivity contribution >= 4 is 5.91 Å². The van der Waals surface area contributed by atoms with Gasteiger partial charge in [0.25, 0.3) is 5.91 Å². The van der Waals surface area contributed by atoms with E-state index in [1.165, 1.54) is 24.3 Å². The molecule has 1 aromatic carbocycles. The van der Waals surface area contributed by atoms with Gasteiger partial charge in [0.05, 0.1) is 0 Å². The highest BCUT2D eigenvalue weighted by Gasteiger charge is 2.04. The Bertz CT molecular complexity index is 511. The third kappa shape index (κ3) is 3.38. The van der Waals surface area contributed by atoms with Crippen LogP contribution >= 0.6 is 0 Å². The number of rotatable bonds is 4. The summed E-state index contributed by atoms with van der Waals surface area (Å²) < 4.78 is 12.7. The Hall–Kier alpha value is -2.23. The molecule has 2 rings (SSSR count). The lowest BCUT2D eigenvalue weighted by Crippen LogP contribution is -2.25. The van der Waals surface area contributed by atoms with Gasteiger partial charge < -0.3 is 5.32 Å². The van der Waals surface area contributed by atoms with Crippen molar-refractivity contribution in [3.05, 3.63) is 65.7 Å². The third-order valence-electron chi connectivity index (χ3n) is 2.53. The predicted octanol–water partition coefficient (Wildman–Crippen LogP) is 2.19.